The summed E-state index contributed by atoms with van der Waals surface area (Å²) in [5.74, 6) is 0.668. The molecule has 3 rings (SSSR count). The Labute approximate surface area is 171 Å². The van der Waals surface area contributed by atoms with Gasteiger partial charge in [0.05, 0.1) is 12.9 Å². The van der Waals surface area contributed by atoms with Gasteiger partial charge in [-0.15, -0.1) is 0 Å². The van der Waals surface area contributed by atoms with E-state index >= 15 is 0 Å². The van der Waals surface area contributed by atoms with Crippen molar-refractivity contribution in [1.29, 1.82) is 0 Å². The van der Waals surface area contributed by atoms with Crippen LogP contribution in [0.1, 0.15) is 25.0 Å². The van der Waals surface area contributed by atoms with Crippen LogP contribution in [0.3, 0.4) is 0 Å². The lowest BCUT2D eigenvalue weighted by Crippen LogP contribution is -1.86. The van der Waals surface area contributed by atoms with E-state index < -0.39 is 0 Å². The molecule has 0 saturated heterocycles. The maximum Gasteiger partial charge on any atom is 0.155 e. The van der Waals surface area contributed by atoms with Crippen molar-refractivity contribution in [3.05, 3.63) is 94.2 Å². The van der Waals surface area contributed by atoms with Gasteiger partial charge in [0.2, 0.25) is 0 Å². The SMILES string of the molecule is Brc1ccccc1.CO/C(C)=C\C(C)=O.Cc1cc(C)c2ccccc2c1. The molecule has 0 unspecified atom stereocenters. The molecular weight excluding hydrogens is 400 g/mol. The van der Waals surface area contributed by atoms with Gasteiger partial charge in [-0.3, -0.25) is 4.79 Å². The monoisotopic (exact) mass is 426 g/mol. The number of methoxy groups -OCH3 is 1. The Morgan fingerprint density at radius 2 is 1.52 bits per heavy atom. The minimum Gasteiger partial charge on any atom is -0.501 e. The van der Waals surface area contributed by atoms with Gasteiger partial charge in [0.25, 0.3) is 0 Å². The lowest BCUT2D eigenvalue weighted by molar-refractivity contribution is -0.112. The number of hydrogen-bond donors (Lipinski definition) is 0. The molecule has 0 fully saturated rings. The van der Waals surface area contributed by atoms with E-state index in [0.717, 1.165) is 4.47 Å². The Bertz CT molecular complexity index is 883. The van der Waals surface area contributed by atoms with Gasteiger partial charge in [-0.2, -0.15) is 0 Å². The van der Waals surface area contributed by atoms with Crippen molar-refractivity contribution in [3.8, 4) is 0 Å². The lowest BCUT2D eigenvalue weighted by Gasteiger charge is -2.02. The van der Waals surface area contributed by atoms with Gasteiger partial charge in [0, 0.05) is 10.5 Å². The minimum absolute atomic E-state index is 0.0179. The first-order valence-corrected chi connectivity index (χ1v) is 9.52. The van der Waals surface area contributed by atoms with E-state index in [1.807, 2.05) is 30.3 Å². The highest BCUT2D eigenvalue weighted by Gasteiger charge is 1.95. The second-order valence-electron chi connectivity index (χ2n) is 6.17. The van der Waals surface area contributed by atoms with Gasteiger partial charge >= 0.3 is 0 Å². The maximum absolute atomic E-state index is 10.3. The second kappa shape index (κ2) is 12.1. The number of benzene rings is 3. The highest BCUT2D eigenvalue weighted by atomic mass is 79.9. The molecule has 0 spiro atoms. The fourth-order valence-electron chi connectivity index (χ4n) is 2.45. The van der Waals surface area contributed by atoms with Crippen LogP contribution in [0.15, 0.2) is 83.0 Å². The lowest BCUT2D eigenvalue weighted by atomic mass is 10.0. The zero-order valence-electron chi connectivity index (χ0n) is 16.6. The van der Waals surface area contributed by atoms with E-state index in [4.69, 9.17) is 4.74 Å². The number of carbonyl (C=O) groups excluding carboxylic acids is 1. The highest BCUT2D eigenvalue weighted by molar-refractivity contribution is 9.10. The van der Waals surface area contributed by atoms with Crippen LogP contribution in [0.2, 0.25) is 0 Å². The molecule has 0 amide bonds. The Balaban J connectivity index is 0.000000214. The average Bonchev–Trinajstić information content (AvgIpc) is 2.63. The van der Waals surface area contributed by atoms with Gasteiger partial charge in [-0.25, -0.2) is 0 Å². The van der Waals surface area contributed by atoms with Gasteiger partial charge in [0.1, 0.15) is 0 Å². The van der Waals surface area contributed by atoms with Gasteiger partial charge < -0.3 is 4.74 Å². The van der Waals surface area contributed by atoms with E-state index in [0.29, 0.717) is 5.76 Å². The second-order valence-corrected chi connectivity index (χ2v) is 7.08. The molecule has 0 atom stereocenters. The summed E-state index contributed by atoms with van der Waals surface area (Å²) >= 11 is 3.31. The zero-order chi connectivity index (χ0) is 20.2. The Hall–Kier alpha value is -2.39. The summed E-state index contributed by atoms with van der Waals surface area (Å²) < 4.78 is 5.84. The third kappa shape index (κ3) is 9.20. The van der Waals surface area contributed by atoms with E-state index in [1.54, 1.807) is 6.92 Å². The molecule has 142 valence electrons. The van der Waals surface area contributed by atoms with Crippen LogP contribution in [0.4, 0.5) is 0 Å². The van der Waals surface area contributed by atoms with Crippen LogP contribution in [0, 0.1) is 13.8 Å². The summed E-state index contributed by atoms with van der Waals surface area (Å²) in [6.07, 6.45) is 1.44. The third-order valence-corrected chi connectivity index (χ3v) is 4.20. The smallest absolute Gasteiger partial charge is 0.155 e. The number of allylic oxidation sites excluding steroid dienone is 2. The molecule has 0 aliphatic rings. The molecule has 27 heavy (non-hydrogen) atoms. The molecule has 3 aromatic rings. The fourth-order valence-corrected chi connectivity index (χ4v) is 2.75. The van der Waals surface area contributed by atoms with Crippen molar-refractivity contribution >= 4 is 32.5 Å². The van der Waals surface area contributed by atoms with Crippen LogP contribution >= 0.6 is 15.9 Å². The Kier molecular flexibility index (Phi) is 10.1. The van der Waals surface area contributed by atoms with Crippen molar-refractivity contribution in [2.75, 3.05) is 7.11 Å². The molecule has 0 saturated carbocycles. The summed E-state index contributed by atoms with van der Waals surface area (Å²) in [5, 5.41) is 2.71. The molecule has 3 aromatic carbocycles. The van der Waals surface area contributed by atoms with E-state index in [1.165, 1.54) is 42.0 Å². The quantitative estimate of drug-likeness (QED) is 0.324. The molecule has 0 aromatic heterocycles. The number of aryl methyl sites for hydroxylation is 2. The first-order valence-electron chi connectivity index (χ1n) is 8.73. The van der Waals surface area contributed by atoms with Gasteiger partial charge in [-0.05, 0) is 56.2 Å². The predicted octanol–water partition coefficient (Wildman–Crippen LogP) is 7.03. The molecule has 0 aliphatic heterocycles. The first-order chi connectivity index (χ1) is 12.8. The Morgan fingerprint density at radius 3 is 2.00 bits per heavy atom. The normalized spacial score (nSPS) is 10.2. The standard InChI is InChI=1S/C12H12.C6H5Br.C6H10O2/c1-9-7-10(2)12-6-4-3-5-11(12)8-9;7-6-4-2-1-3-5-6;1-5(7)4-6(2)8-3/h3-8H,1-2H3;1-5H;4H,1-3H3/b;;6-4-. The van der Waals surface area contributed by atoms with Gasteiger partial charge in [-0.1, -0.05) is 76.1 Å². The zero-order valence-corrected chi connectivity index (χ0v) is 18.2. The van der Waals surface area contributed by atoms with Crippen molar-refractivity contribution in [1.82, 2.24) is 0 Å². The third-order valence-electron chi connectivity index (χ3n) is 3.67. The molecule has 0 radical (unpaired) electrons. The molecule has 0 N–H and O–H groups in total. The summed E-state index contributed by atoms with van der Waals surface area (Å²) in [6, 6.07) is 22.9. The van der Waals surface area contributed by atoms with Crippen LogP contribution in [-0.2, 0) is 9.53 Å². The Morgan fingerprint density at radius 1 is 0.926 bits per heavy atom. The molecule has 0 bridgehead atoms. The fraction of sp³-hybridized carbons (Fsp3) is 0.208. The van der Waals surface area contributed by atoms with E-state index in [-0.39, 0.29) is 5.78 Å². The molecule has 3 heteroatoms. The largest absolute Gasteiger partial charge is 0.501 e. The van der Waals surface area contributed by atoms with Gasteiger partial charge in [0.15, 0.2) is 5.78 Å². The number of rotatable bonds is 2. The maximum atomic E-state index is 10.3. The number of halogens is 1. The number of carbonyl (C=O) groups is 1. The summed E-state index contributed by atoms with van der Waals surface area (Å²) in [6.45, 7) is 7.53. The van der Waals surface area contributed by atoms with Crippen LogP contribution in [0.25, 0.3) is 10.8 Å². The molecule has 0 aliphatic carbocycles. The van der Waals surface area contributed by atoms with Crippen molar-refractivity contribution < 1.29 is 9.53 Å². The van der Waals surface area contributed by atoms with Crippen LogP contribution in [0.5, 0.6) is 0 Å². The van der Waals surface area contributed by atoms with Crippen molar-refractivity contribution in [2.24, 2.45) is 0 Å². The average molecular weight is 427 g/mol. The molecular formula is C24H27BrO2. The molecule has 0 heterocycles. The van der Waals surface area contributed by atoms with E-state index in [9.17, 15) is 4.79 Å². The first kappa shape index (κ1) is 22.7. The van der Waals surface area contributed by atoms with Crippen molar-refractivity contribution in [3.63, 3.8) is 0 Å². The number of ether oxygens (including phenoxy) is 1. The summed E-state index contributed by atoms with van der Waals surface area (Å²) in [7, 11) is 1.54. The predicted molar refractivity (Wildman–Crippen MR) is 119 cm³/mol. The van der Waals surface area contributed by atoms with Crippen LogP contribution < -0.4 is 0 Å². The number of ketones is 1. The minimum atomic E-state index is 0.0179. The van der Waals surface area contributed by atoms with E-state index in [2.05, 4.69) is 66.2 Å². The number of hydrogen-bond acceptors (Lipinski definition) is 2. The topological polar surface area (TPSA) is 26.3 Å². The van der Waals surface area contributed by atoms with Crippen molar-refractivity contribution in [2.45, 2.75) is 27.7 Å². The molecule has 2 nitrogen and oxygen atoms in total. The summed E-state index contributed by atoms with van der Waals surface area (Å²) in [5.41, 5.74) is 2.71. The van der Waals surface area contributed by atoms with Crippen LogP contribution in [-0.4, -0.2) is 12.9 Å². The summed E-state index contributed by atoms with van der Waals surface area (Å²) in [4.78, 5) is 10.3. The number of fused-ring (bicyclic) bond motifs is 1. The highest BCUT2D eigenvalue weighted by Crippen LogP contribution is 2.19.